The molecule has 1 aromatic rings. The highest BCUT2D eigenvalue weighted by Crippen LogP contribution is 2.24. The molecule has 0 saturated carbocycles. The molecule has 1 aliphatic carbocycles. The number of hydrogen-bond donors (Lipinski definition) is 2. The summed E-state index contributed by atoms with van der Waals surface area (Å²) < 4.78 is 0. The Morgan fingerprint density at radius 3 is 2.78 bits per heavy atom. The van der Waals surface area contributed by atoms with Crippen LogP contribution in [0, 0.1) is 5.92 Å². The summed E-state index contributed by atoms with van der Waals surface area (Å²) in [5.41, 5.74) is 7.95. The smallest absolute Gasteiger partial charge is 0.261 e. The van der Waals surface area contributed by atoms with Gasteiger partial charge >= 0.3 is 0 Å². The molecule has 3 rings (SSSR count). The first-order valence-electron chi connectivity index (χ1n) is 8.36. The fraction of sp³-hybridized carbons (Fsp3) is 0.647. The second kappa shape index (κ2) is 7.49. The van der Waals surface area contributed by atoms with E-state index in [0.29, 0.717) is 24.6 Å². The number of aromatic amines is 1. The number of aryl methyl sites for hydroxylation is 2. The minimum Gasteiger partial charge on any atom is -0.335 e. The van der Waals surface area contributed by atoms with E-state index in [4.69, 9.17) is 5.73 Å². The highest BCUT2D eigenvalue weighted by atomic mass is 35.5. The van der Waals surface area contributed by atoms with E-state index in [1.54, 1.807) is 0 Å². The van der Waals surface area contributed by atoms with Crippen LogP contribution in [-0.4, -0.2) is 34.9 Å². The van der Waals surface area contributed by atoms with Gasteiger partial charge in [0.15, 0.2) is 0 Å². The van der Waals surface area contributed by atoms with Crippen LogP contribution in [0.25, 0.3) is 0 Å². The first kappa shape index (κ1) is 18.0. The summed E-state index contributed by atoms with van der Waals surface area (Å²) in [6.07, 6.45) is 6.20. The molecule has 128 valence electrons. The number of aromatic nitrogens is 1. The van der Waals surface area contributed by atoms with Crippen molar-refractivity contribution >= 4 is 18.3 Å². The molecule has 1 fully saturated rings. The average molecular weight is 340 g/mol. The number of carbonyl (C=O) groups is 1. The summed E-state index contributed by atoms with van der Waals surface area (Å²) >= 11 is 0. The van der Waals surface area contributed by atoms with Gasteiger partial charge < -0.3 is 15.6 Å². The number of carbonyl (C=O) groups excluding carboxylic acids is 1. The van der Waals surface area contributed by atoms with Crippen LogP contribution >= 0.6 is 12.4 Å². The zero-order chi connectivity index (χ0) is 15.7. The Bertz CT molecular complexity index is 629. The molecular formula is C17H26ClN3O2. The monoisotopic (exact) mass is 339 g/mol. The Hall–Kier alpha value is -1.33. The van der Waals surface area contributed by atoms with Crippen LogP contribution in [0.2, 0.25) is 0 Å². The van der Waals surface area contributed by atoms with Gasteiger partial charge in [0.2, 0.25) is 0 Å². The molecule has 1 saturated heterocycles. The number of nitrogens with one attached hydrogen (secondary N) is 1. The Balaban J connectivity index is 0.00000192. The fourth-order valence-electron chi connectivity index (χ4n) is 3.76. The van der Waals surface area contributed by atoms with Crippen molar-refractivity contribution in [3.05, 3.63) is 33.2 Å². The van der Waals surface area contributed by atoms with Crippen molar-refractivity contribution in [3.8, 4) is 0 Å². The lowest BCUT2D eigenvalue weighted by atomic mass is 10.1. The average Bonchev–Trinajstić information content (AvgIpc) is 2.74. The number of pyridine rings is 1. The van der Waals surface area contributed by atoms with Gasteiger partial charge in [-0.05, 0) is 63.1 Å². The van der Waals surface area contributed by atoms with E-state index in [9.17, 15) is 9.59 Å². The normalized spacial score (nSPS) is 23.8. The summed E-state index contributed by atoms with van der Waals surface area (Å²) in [6.45, 7) is 3.28. The topological polar surface area (TPSA) is 79.2 Å². The van der Waals surface area contributed by atoms with Crippen LogP contribution < -0.4 is 11.3 Å². The van der Waals surface area contributed by atoms with Gasteiger partial charge in [0.1, 0.15) is 5.56 Å². The summed E-state index contributed by atoms with van der Waals surface area (Å²) in [7, 11) is 0. The Labute approximate surface area is 143 Å². The van der Waals surface area contributed by atoms with E-state index in [-0.39, 0.29) is 29.9 Å². The molecule has 1 aromatic heterocycles. The molecule has 2 aliphatic rings. The molecule has 0 bridgehead atoms. The van der Waals surface area contributed by atoms with E-state index >= 15 is 0 Å². The molecule has 1 aliphatic heterocycles. The molecule has 5 nitrogen and oxygen atoms in total. The summed E-state index contributed by atoms with van der Waals surface area (Å²) in [4.78, 5) is 29.9. The maximum Gasteiger partial charge on any atom is 0.261 e. The maximum absolute atomic E-state index is 12.8. The van der Waals surface area contributed by atoms with Crippen molar-refractivity contribution in [2.24, 2.45) is 11.7 Å². The molecule has 6 heteroatoms. The SMILES string of the molecule is CC1CC(CN)CN1C(=O)c1cc2c([nH]c1=O)CCCCC2.Cl. The van der Waals surface area contributed by atoms with E-state index < -0.39 is 0 Å². The number of nitrogens with two attached hydrogens (primary N) is 1. The molecule has 2 unspecified atom stereocenters. The first-order valence-corrected chi connectivity index (χ1v) is 8.36. The predicted octanol–water partition coefficient (Wildman–Crippen LogP) is 1.87. The van der Waals surface area contributed by atoms with E-state index in [0.717, 1.165) is 43.4 Å². The van der Waals surface area contributed by atoms with Crippen LogP contribution in [-0.2, 0) is 12.8 Å². The third-order valence-corrected chi connectivity index (χ3v) is 5.07. The van der Waals surface area contributed by atoms with Gasteiger partial charge in [-0.3, -0.25) is 9.59 Å². The molecular weight excluding hydrogens is 314 g/mol. The first-order chi connectivity index (χ1) is 10.6. The molecule has 0 spiro atoms. The van der Waals surface area contributed by atoms with Crippen molar-refractivity contribution in [3.63, 3.8) is 0 Å². The number of rotatable bonds is 2. The third-order valence-electron chi connectivity index (χ3n) is 5.07. The number of H-pyrrole nitrogens is 1. The van der Waals surface area contributed by atoms with Crippen molar-refractivity contribution in [2.75, 3.05) is 13.1 Å². The van der Waals surface area contributed by atoms with Gasteiger partial charge in [-0.15, -0.1) is 12.4 Å². The highest BCUT2D eigenvalue weighted by Gasteiger charge is 2.33. The van der Waals surface area contributed by atoms with Crippen molar-refractivity contribution in [2.45, 2.75) is 51.5 Å². The van der Waals surface area contributed by atoms with Gasteiger partial charge in [0.25, 0.3) is 11.5 Å². The van der Waals surface area contributed by atoms with Crippen LogP contribution in [0.3, 0.4) is 0 Å². The molecule has 2 heterocycles. The van der Waals surface area contributed by atoms with E-state index in [1.165, 1.54) is 6.42 Å². The lowest BCUT2D eigenvalue weighted by Crippen LogP contribution is -2.38. The van der Waals surface area contributed by atoms with Crippen molar-refractivity contribution in [1.82, 2.24) is 9.88 Å². The number of fused-ring (bicyclic) bond motifs is 1. The Morgan fingerprint density at radius 2 is 2.09 bits per heavy atom. The minimum atomic E-state index is -0.242. The Kier molecular flexibility index (Phi) is 5.87. The number of likely N-dealkylation sites (tertiary alicyclic amines) is 1. The number of amides is 1. The van der Waals surface area contributed by atoms with Crippen LogP contribution in [0.1, 0.15) is 54.2 Å². The molecule has 0 radical (unpaired) electrons. The zero-order valence-electron chi connectivity index (χ0n) is 13.6. The fourth-order valence-corrected chi connectivity index (χ4v) is 3.76. The summed E-state index contributed by atoms with van der Waals surface area (Å²) in [5.74, 6) is 0.204. The lowest BCUT2D eigenvalue weighted by Gasteiger charge is -2.21. The second-order valence-corrected chi connectivity index (χ2v) is 6.72. The quantitative estimate of drug-likeness (QED) is 0.807. The van der Waals surface area contributed by atoms with Gasteiger partial charge in [-0.1, -0.05) is 6.42 Å². The predicted molar refractivity (Wildman–Crippen MR) is 93.2 cm³/mol. The lowest BCUT2D eigenvalue weighted by molar-refractivity contribution is 0.0741. The summed E-state index contributed by atoms with van der Waals surface area (Å²) in [6, 6.07) is 1.99. The van der Waals surface area contributed by atoms with E-state index in [2.05, 4.69) is 4.98 Å². The van der Waals surface area contributed by atoms with Gasteiger partial charge in [-0.25, -0.2) is 0 Å². The molecule has 1 amide bonds. The van der Waals surface area contributed by atoms with Crippen molar-refractivity contribution < 1.29 is 4.79 Å². The molecule has 23 heavy (non-hydrogen) atoms. The largest absolute Gasteiger partial charge is 0.335 e. The molecule has 3 N–H and O–H groups in total. The summed E-state index contributed by atoms with van der Waals surface area (Å²) in [5, 5.41) is 0. The maximum atomic E-state index is 12.8. The van der Waals surface area contributed by atoms with Crippen LogP contribution in [0.5, 0.6) is 0 Å². The standard InChI is InChI=1S/C17H25N3O2.ClH/c1-11-7-12(9-18)10-20(11)17(22)14-8-13-5-3-2-4-6-15(13)19-16(14)21;/h8,11-12H,2-7,9-10,18H2,1H3,(H,19,21);1H. The van der Waals surface area contributed by atoms with Gasteiger partial charge in [0.05, 0.1) is 0 Å². The van der Waals surface area contributed by atoms with Gasteiger partial charge in [0, 0.05) is 18.3 Å². The van der Waals surface area contributed by atoms with E-state index in [1.807, 2.05) is 17.9 Å². The van der Waals surface area contributed by atoms with Gasteiger partial charge in [-0.2, -0.15) is 0 Å². The zero-order valence-corrected chi connectivity index (χ0v) is 14.5. The third kappa shape index (κ3) is 3.61. The number of halogens is 1. The van der Waals surface area contributed by atoms with Crippen LogP contribution in [0.4, 0.5) is 0 Å². The minimum absolute atomic E-state index is 0. The number of nitrogens with zero attached hydrogens (tertiary/aromatic N) is 1. The highest BCUT2D eigenvalue weighted by molar-refractivity contribution is 5.94. The Morgan fingerprint density at radius 1 is 1.35 bits per heavy atom. The molecule has 2 atom stereocenters. The van der Waals surface area contributed by atoms with Crippen LogP contribution in [0.15, 0.2) is 10.9 Å². The number of hydrogen-bond acceptors (Lipinski definition) is 3. The second-order valence-electron chi connectivity index (χ2n) is 6.72. The van der Waals surface area contributed by atoms with Crippen molar-refractivity contribution in [1.29, 1.82) is 0 Å². The molecule has 0 aromatic carbocycles.